The van der Waals surface area contributed by atoms with Gasteiger partial charge in [-0.15, -0.1) is 0 Å². The smallest absolute Gasteiger partial charge is 0.310 e. The molecule has 0 saturated heterocycles. The summed E-state index contributed by atoms with van der Waals surface area (Å²) in [6, 6.07) is 4.89. The Labute approximate surface area is 92.7 Å². The number of rotatable bonds is 3. The van der Waals surface area contributed by atoms with E-state index in [2.05, 4.69) is 5.32 Å². The van der Waals surface area contributed by atoms with E-state index in [1.54, 1.807) is 12.1 Å². The Morgan fingerprint density at radius 3 is 2.50 bits per heavy atom. The van der Waals surface area contributed by atoms with Crippen molar-refractivity contribution in [3.8, 4) is 0 Å². The highest BCUT2D eigenvalue weighted by Gasteiger charge is 2.32. The van der Waals surface area contributed by atoms with Crippen LogP contribution in [0.1, 0.15) is 29.5 Å². The summed E-state index contributed by atoms with van der Waals surface area (Å²) in [5.41, 5.74) is 0.669. The minimum atomic E-state index is -4.24. The van der Waals surface area contributed by atoms with Crippen molar-refractivity contribution in [1.29, 1.82) is 0 Å². The van der Waals surface area contributed by atoms with E-state index in [9.17, 15) is 13.2 Å². The van der Waals surface area contributed by atoms with Crippen LogP contribution in [0.5, 0.6) is 0 Å². The Balaban J connectivity index is 2.08. The van der Waals surface area contributed by atoms with Crippen molar-refractivity contribution in [3.05, 3.63) is 34.9 Å². The summed E-state index contributed by atoms with van der Waals surface area (Å²) >= 11 is 0. The summed E-state index contributed by atoms with van der Waals surface area (Å²) in [5, 5.41) is 3.28. The van der Waals surface area contributed by atoms with Crippen LogP contribution in [0.25, 0.3) is 0 Å². The molecule has 0 spiro atoms. The van der Waals surface area contributed by atoms with Gasteiger partial charge in [0.05, 0.1) is 5.56 Å². The van der Waals surface area contributed by atoms with Gasteiger partial charge in [0.2, 0.25) is 0 Å². The van der Waals surface area contributed by atoms with Crippen LogP contribution in [0.3, 0.4) is 0 Å². The molecule has 0 amide bonds. The van der Waals surface area contributed by atoms with Crippen LogP contribution in [-0.4, -0.2) is 6.04 Å². The molecule has 4 heteroatoms. The molecule has 1 N–H and O–H groups in total. The Kier molecular flexibility index (Phi) is 2.93. The molecule has 1 nitrogen and oxygen atoms in total. The third-order valence-corrected chi connectivity index (χ3v) is 2.77. The van der Waals surface area contributed by atoms with E-state index in [0.29, 0.717) is 18.2 Å². The first-order valence-electron chi connectivity index (χ1n) is 5.37. The molecule has 2 rings (SSSR count). The Hall–Kier alpha value is -1.03. The molecular formula is C12H14F3N. The van der Waals surface area contributed by atoms with Gasteiger partial charge in [0.15, 0.2) is 0 Å². The van der Waals surface area contributed by atoms with Crippen molar-refractivity contribution in [3.63, 3.8) is 0 Å². The third-order valence-electron chi connectivity index (χ3n) is 2.77. The predicted molar refractivity (Wildman–Crippen MR) is 56.0 cm³/mol. The fourth-order valence-electron chi connectivity index (χ4n) is 1.70. The first-order chi connectivity index (χ1) is 7.47. The second kappa shape index (κ2) is 4.09. The SMILES string of the molecule is Cc1cc(CNC2CC2)ccc1C(F)(F)F. The van der Waals surface area contributed by atoms with E-state index in [-0.39, 0.29) is 0 Å². The number of halogens is 3. The maximum atomic E-state index is 12.5. The van der Waals surface area contributed by atoms with E-state index in [0.717, 1.165) is 5.56 Å². The highest BCUT2D eigenvalue weighted by Crippen LogP contribution is 2.32. The van der Waals surface area contributed by atoms with Crippen LogP contribution in [-0.2, 0) is 12.7 Å². The molecular weight excluding hydrogens is 215 g/mol. The third kappa shape index (κ3) is 2.76. The minimum absolute atomic E-state index is 0.294. The van der Waals surface area contributed by atoms with Gasteiger partial charge in [-0.1, -0.05) is 12.1 Å². The van der Waals surface area contributed by atoms with E-state index in [1.165, 1.54) is 25.8 Å². The lowest BCUT2D eigenvalue weighted by Gasteiger charge is -2.11. The van der Waals surface area contributed by atoms with Crippen molar-refractivity contribution < 1.29 is 13.2 Å². The van der Waals surface area contributed by atoms with E-state index in [4.69, 9.17) is 0 Å². The lowest BCUT2D eigenvalue weighted by Crippen LogP contribution is -2.16. The molecule has 0 radical (unpaired) electrons. The largest absolute Gasteiger partial charge is 0.416 e. The zero-order valence-electron chi connectivity index (χ0n) is 9.06. The van der Waals surface area contributed by atoms with Crippen molar-refractivity contribution in [1.82, 2.24) is 5.32 Å². The number of hydrogen-bond acceptors (Lipinski definition) is 1. The van der Waals surface area contributed by atoms with Crippen molar-refractivity contribution >= 4 is 0 Å². The number of hydrogen-bond donors (Lipinski definition) is 1. The second-order valence-corrected chi connectivity index (χ2v) is 4.30. The molecule has 16 heavy (non-hydrogen) atoms. The molecule has 0 aromatic heterocycles. The second-order valence-electron chi connectivity index (χ2n) is 4.30. The van der Waals surface area contributed by atoms with Gasteiger partial charge in [-0.05, 0) is 37.0 Å². The quantitative estimate of drug-likeness (QED) is 0.838. The highest BCUT2D eigenvalue weighted by molar-refractivity contribution is 5.33. The van der Waals surface area contributed by atoms with Gasteiger partial charge in [0.25, 0.3) is 0 Å². The molecule has 0 bridgehead atoms. The van der Waals surface area contributed by atoms with E-state index in [1.807, 2.05) is 0 Å². The molecule has 0 aliphatic heterocycles. The lowest BCUT2D eigenvalue weighted by atomic mass is 10.0. The fourth-order valence-corrected chi connectivity index (χ4v) is 1.70. The Morgan fingerprint density at radius 2 is 2.00 bits per heavy atom. The summed E-state index contributed by atoms with van der Waals surface area (Å²) < 4.78 is 37.5. The van der Waals surface area contributed by atoms with Gasteiger partial charge in [-0.3, -0.25) is 0 Å². The van der Waals surface area contributed by atoms with Crippen molar-refractivity contribution in [2.45, 2.75) is 38.5 Å². The lowest BCUT2D eigenvalue weighted by molar-refractivity contribution is -0.138. The van der Waals surface area contributed by atoms with Crippen LogP contribution in [0.4, 0.5) is 13.2 Å². The monoisotopic (exact) mass is 229 g/mol. The zero-order valence-corrected chi connectivity index (χ0v) is 9.06. The van der Waals surface area contributed by atoms with Crippen LogP contribution in [0, 0.1) is 6.92 Å². The van der Waals surface area contributed by atoms with Crippen molar-refractivity contribution in [2.75, 3.05) is 0 Å². The minimum Gasteiger partial charge on any atom is -0.310 e. The first-order valence-corrected chi connectivity index (χ1v) is 5.37. The number of nitrogens with one attached hydrogen (secondary N) is 1. The molecule has 1 fully saturated rings. The number of alkyl halides is 3. The van der Waals surface area contributed by atoms with Crippen LogP contribution < -0.4 is 5.32 Å². The summed E-state index contributed by atoms with van der Waals surface area (Å²) in [5.74, 6) is 0. The summed E-state index contributed by atoms with van der Waals surface area (Å²) in [6.45, 7) is 2.16. The van der Waals surface area contributed by atoms with Gasteiger partial charge in [0, 0.05) is 12.6 Å². The van der Waals surface area contributed by atoms with Crippen LogP contribution >= 0.6 is 0 Å². The van der Waals surface area contributed by atoms with Crippen molar-refractivity contribution in [2.24, 2.45) is 0 Å². The topological polar surface area (TPSA) is 12.0 Å². The molecule has 88 valence electrons. The van der Waals surface area contributed by atoms with Crippen LogP contribution in [0.2, 0.25) is 0 Å². The zero-order chi connectivity index (χ0) is 11.8. The molecule has 0 unspecified atom stereocenters. The number of aryl methyl sites for hydroxylation is 1. The maximum Gasteiger partial charge on any atom is 0.416 e. The standard InChI is InChI=1S/C12H14F3N/c1-8-6-9(7-16-10-3-4-10)2-5-11(8)12(13,14)15/h2,5-6,10,16H,3-4,7H2,1H3. The molecule has 1 aromatic rings. The molecule has 1 aliphatic rings. The highest BCUT2D eigenvalue weighted by atomic mass is 19.4. The van der Waals surface area contributed by atoms with Gasteiger partial charge in [-0.2, -0.15) is 13.2 Å². The number of benzene rings is 1. The first kappa shape index (κ1) is 11.5. The van der Waals surface area contributed by atoms with Gasteiger partial charge in [0.1, 0.15) is 0 Å². The molecule has 1 aliphatic carbocycles. The molecule has 0 heterocycles. The molecule has 1 aromatic carbocycles. The maximum absolute atomic E-state index is 12.5. The Bertz CT molecular complexity index is 380. The Morgan fingerprint density at radius 1 is 1.31 bits per heavy atom. The van der Waals surface area contributed by atoms with Crippen LogP contribution in [0.15, 0.2) is 18.2 Å². The average Bonchev–Trinajstić information content (AvgIpc) is 2.96. The van der Waals surface area contributed by atoms with E-state index < -0.39 is 11.7 Å². The summed E-state index contributed by atoms with van der Waals surface area (Å²) in [6.07, 6.45) is -1.88. The van der Waals surface area contributed by atoms with E-state index >= 15 is 0 Å². The molecule has 1 saturated carbocycles. The summed E-state index contributed by atoms with van der Waals surface area (Å²) in [4.78, 5) is 0. The fraction of sp³-hybridized carbons (Fsp3) is 0.500. The van der Waals surface area contributed by atoms with Gasteiger partial charge >= 0.3 is 6.18 Å². The summed E-state index contributed by atoms with van der Waals surface area (Å²) in [7, 11) is 0. The normalized spacial score (nSPS) is 16.5. The van der Waals surface area contributed by atoms with Gasteiger partial charge in [-0.25, -0.2) is 0 Å². The average molecular weight is 229 g/mol. The van der Waals surface area contributed by atoms with Gasteiger partial charge < -0.3 is 5.32 Å². The molecule has 0 atom stereocenters. The predicted octanol–water partition coefficient (Wildman–Crippen LogP) is 3.27.